The molecular formula is C16H14Cl2N. The highest BCUT2D eigenvalue weighted by molar-refractivity contribution is 6.34. The van der Waals surface area contributed by atoms with Gasteiger partial charge < -0.3 is 0 Å². The number of rotatable bonds is 2. The van der Waals surface area contributed by atoms with E-state index >= 15 is 0 Å². The topological polar surface area (TPSA) is 3.24 Å². The van der Waals surface area contributed by atoms with Crippen molar-refractivity contribution in [1.82, 2.24) is 4.90 Å². The van der Waals surface area contributed by atoms with Gasteiger partial charge in [0, 0.05) is 29.7 Å². The molecule has 0 unspecified atom stereocenters. The number of benzene rings is 2. The predicted octanol–water partition coefficient (Wildman–Crippen LogP) is 4.35. The van der Waals surface area contributed by atoms with Crippen LogP contribution in [0.2, 0.25) is 10.0 Å². The Hall–Kier alpha value is -1.02. The maximum atomic E-state index is 6.04. The third-order valence-corrected chi connectivity index (χ3v) is 3.91. The molecule has 0 N–H and O–H groups in total. The lowest BCUT2D eigenvalue weighted by molar-refractivity contribution is 0.245. The highest BCUT2D eigenvalue weighted by atomic mass is 35.5. The van der Waals surface area contributed by atoms with Crippen LogP contribution in [0.1, 0.15) is 16.7 Å². The summed E-state index contributed by atoms with van der Waals surface area (Å²) in [5.74, 6) is 0. The quantitative estimate of drug-likeness (QED) is 0.795. The molecule has 1 aliphatic heterocycles. The van der Waals surface area contributed by atoms with Crippen LogP contribution < -0.4 is 0 Å². The lowest BCUT2D eigenvalue weighted by Crippen LogP contribution is -2.29. The minimum atomic E-state index is 0.703. The fourth-order valence-corrected chi connectivity index (χ4v) is 3.15. The number of hydrogen-bond donors (Lipinski definition) is 0. The molecule has 0 spiro atoms. The van der Waals surface area contributed by atoms with Crippen molar-refractivity contribution < 1.29 is 0 Å². The van der Waals surface area contributed by atoms with Crippen molar-refractivity contribution in [3.63, 3.8) is 0 Å². The summed E-state index contributed by atoms with van der Waals surface area (Å²) in [7, 11) is 0. The smallest absolute Gasteiger partial charge is 0.0424 e. The molecule has 1 aliphatic rings. The monoisotopic (exact) mass is 290 g/mol. The van der Waals surface area contributed by atoms with Gasteiger partial charge in [0.05, 0.1) is 0 Å². The Morgan fingerprint density at radius 1 is 1.11 bits per heavy atom. The summed E-state index contributed by atoms with van der Waals surface area (Å²) in [5, 5.41) is 1.41. The second-order valence-corrected chi connectivity index (χ2v) is 5.81. The average molecular weight is 291 g/mol. The molecule has 0 fully saturated rings. The summed E-state index contributed by atoms with van der Waals surface area (Å²) >= 11 is 12.1. The minimum absolute atomic E-state index is 0.703. The maximum Gasteiger partial charge on any atom is 0.0424 e. The van der Waals surface area contributed by atoms with Crippen molar-refractivity contribution in [3.05, 3.63) is 69.2 Å². The average Bonchev–Trinajstić information content (AvgIpc) is 2.37. The van der Waals surface area contributed by atoms with Crippen molar-refractivity contribution in [2.24, 2.45) is 0 Å². The fourth-order valence-electron chi connectivity index (χ4n) is 2.58. The summed E-state index contributed by atoms with van der Waals surface area (Å²) in [6.07, 6.45) is 1.08. The van der Waals surface area contributed by atoms with E-state index in [-0.39, 0.29) is 0 Å². The Labute approximate surface area is 123 Å². The van der Waals surface area contributed by atoms with Gasteiger partial charge in [-0.15, -0.1) is 0 Å². The maximum absolute atomic E-state index is 6.04. The molecule has 1 nitrogen and oxygen atoms in total. The Bertz CT molecular complexity index is 575. The molecule has 19 heavy (non-hydrogen) atoms. The Balaban J connectivity index is 1.75. The van der Waals surface area contributed by atoms with Crippen LogP contribution in [0, 0.1) is 6.07 Å². The summed E-state index contributed by atoms with van der Waals surface area (Å²) in [5.41, 5.74) is 3.99. The van der Waals surface area contributed by atoms with Crippen LogP contribution in [0.25, 0.3) is 0 Å². The number of nitrogens with zero attached hydrogens (tertiary/aromatic N) is 1. The normalized spacial score (nSPS) is 15.3. The van der Waals surface area contributed by atoms with Crippen molar-refractivity contribution in [2.45, 2.75) is 19.5 Å². The molecule has 3 rings (SSSR count). The van der Waals surface area contributed by atoms with E-state index in [1.54, 1.807) is 6.07 Å². The molecule has 1 radical (unpaired) electrons. The molecule has 2 aromatic carbocycles. The van der Waals surface area contributed by atoms with Gasteiger partial charge in [-0.1, -0.05) is 41.4 Å². The van der Waals surface area contributed by atoms with E-state index in [0.29, 0.717) is 10.0 Å². The van der Waals surface area contributed by atoms with E-state index in [4.69, 9.17) is 23.2 Å². The van der Waals surface area contributed by atoms with Gasteiger partial charge in [-0.25, -0.2) is 0 Å². The first-order valence-electron chi connectivity index (χ1n) is 6.36. The molecule has 3 heteroatoms. The van der Waals surface area contributed by atoms with Crippen LogP contribution in [0.3, 0.4) is 0 Å². The summed E-state index contributed by atoms with van der Waals surface area (Å²) in [6.45, 7) is 2.93. The first kappa shape index (κ1) is 13.0. The molecule has 0 amide bonds. The van der Waals surface area contributed by atoms with Gasteiger partial charge in [0.2, 0.25) is 0 Å². The molecular weight excluding hydrogens is 277 g/mol. The van der Waals surface area contributed by atoms with Crippen LogP contribution in [0.4, 0.5) is 0 Å². The molecule has 0 bridgehead atoms. The highest BCUT2D eigenvalue weighted by Crippen LogP contribution is 2.23. The van der Waals surface area contributed by atoms with Crippen molar-refractivity contribution in [2.75, 3.05) is 6.54 Å². The molecule has 0 saturated carbocycles. The zero-order chi connectivity index (χ0) is 13.2. The first-order valence-corrected chi connectivity index (χ1v) is 7.11. The lowest BCUT2D eigenvalue weighted by Gasteiger charge is -2.28. The lowest BCUT2D eigenvalue weighted by atomic mass is 9.99. The second kappa shape index (κ2) is 5.54. The van der Waals surface area contributed by atoms with Crippen molar-refractivity contribution >= 4 is 23.2 Å². The van der Waals surface area contributed by atoms with Gasteiger partial charge in [0.25, 0.3) is 0 Å². The van der Waals surface area contributed by atoms with E-state index in [2.05, 4.69) is 23.1 Å². The molecule has 0 atom stereocenters. The zero-order valence-electron chi connectivity index (χ0n) is 10.5. The van der Waals surface area contributed by atoms with Gasteiger partial charge in [0.1, 0.15) is 0 Å². The molecule has 1 heterocycles. The summed E-state index contributed by atoms with van der Waals surface area (Å²) in [4.78, 5) is 2.42. The van der Waals surface area contributed by atoms with E-state index in [1.165, 1.54) is 16.7 Å². The third kappa shape index (κ3) is 3.11. The second-order valence-electron chi connectivity index (χ2n) is 4.93. The van der Waals surface area contributed by atoms with E-state index < -0.39 is 0 Å². The predicted molar refractivity (Wildman–Crippen MR) is 79.6 cm³/mol. The largest absolute Gasteiger partial charge is 0.294 e. The van der Waals surface area contributed by atoms with E-state index in [9.17, 15) is 0 Å². The molecule has 2 aromatic rings. The summed E-state index contributed by atoms with van der Waals surface area (Å²) in [6, 6.07) is 15.1. The van der Waals surface area contributed by atoms with Crippen LogP contribution in [0.5, 0.6) is 0 Å². The van der Waals surface area contributed by atoms with Crippen molar-refractivity contribution in [1.29, 1.82) is 0 Å². The van der Waals surface area contributed by atoms with Gasteiger partial charge in [-0.2, -0.15) is 0 Å². The molecule has 0 saturated heterocycles. The van der Waals surface area contributed by atoms with E-state index in [0.717, 1.165) is 26.1 Å². The van der Waals surface area contributed by atoms with E-state index in [1.807, 2.05) is 18.2 Å². The van der Waals surface area contributed by atoms with Crippen molar-refractivity contribution in [3.8, 4) is 0 Å². The van der Waals surface area contributed by atoms with Crippen LogP contribution in [-0.2, 0) is 19.5 Å². The fraction of sp³-hybridized carbons (Fsp3) is 0.250. The number of halogens is 2. The van der Waals surface area contributed by atoms with Gasteiger partial charge >= 0.3 is 0 Å². The Morgan fingerprint density at radius 3 is 2.68 bits per heavy atom. The highest BCUT2D eigenvalue weighted by Gasteiger charge is 2.15. The van der Waals surface area contributed by atoms with Gasteiger partial charge in [-0.3, -0.25) is 4.90 Å². The van der Waals surface area contributed by atoms with Crippen LogP contribution >= 0.6 is 23.2 Å². The third-order valence-electron chi connectivity index (χ3n) is 3.47. The van der Waals surface area contributed by atoms with Gasteiger partial charge in [-0.05, 0) is 47.4 Å². The first-order chi connectivity index (χ1) is 9.20. The van der Waals surface area contributed by atoms with Crippen LogP contribution in [-0.4, -0.2) is 11.4 Å². The SMILES string of the molecule is Clc1cc(Cl)cc(CN2CCc3c[c]ccc3C2)c1. The Kier molecular flexibility index (Phi) is 3.79. The number of fused-ring (bicyclic) bond motifs is 1. The summed E-state index contributed by atoms with van der Waals surface area (Å²) < 4.78 is 0. The van der Waals surface area contributed by atoms with Crippen LogP contribution in [0.15, 0.2) is 36.4 Å². The molecule has 97 valence electrons. The Morgan fingerprint density at radius 2 is 1.89 bits per heavy atom. The van der Waals surface area contributed by atoms with Gasteiger partial charge in [0.15, 0.2) is 0 Å². The standard InChI is InChI=1S/C16H14Cl2N/c17-15-7-12(8-16(18)9-15)10-19-6-5-13-3-1-2-4-14(13)11-19/h2-4,7-9H,5-6,10-11H2. The molecule has 0 aliphatic carbocycles. The molecule has 0 aromatic heterocycles. The zero-order valence-corrected chi connectivity index (χ0v) is 12.0. The minimum Gasteiger partial charge on any atom is -0.294 e. The number of hydrogen-bond acceptors (Lipinski definition) is 1.